The Morgan fingerprint density at radius 3 is 3.05 bits per heavy atom. The Hall–Kier alpha value is -1.97. The molecular formula is C12H15FN4O4. The zero-order valence-corrected chi connectivity index (χ0v) is 11.0. The Labute approximate surface area is 118 Å². The highest BCUT2D eigenvalue weighted by Gasteiger charge is 2.49. The van der Waals surface area contributed by atoms with E-state index in [4.69, 9.17) is 10.5 Å². The van der Waals surface area contributed by atoms with Crippen molar-refractivity contribution >= 4 is 17.0 Å². The number of ether oxygens (including phenoxy) is 1. The second-order valence-corrected chi connectivity index (χ2v) is 5.09. The average molecular weight is 298 g/mol. The molecule has 21 heavy (non-hydrogen) atoms. The molecule has 8 nitrogen and oxygen atoms in total. The highest BCUT2D eigenvalue weighted by molar-refractivity contribution is 5.76. The van der Waals surface area contributed by atoms with Gasteiger partial charge in [-0.05, 0) is 6.07 Å². The lowest BCUT2D eigenvalue weighted by Crippen LogP contribution is -2.45. The van der Waals surface area contributed by atoms with Crippen molar-refractivity contribution in [1.82, 2.24) is 14.5 Å². The lowest BCUT2D eigenvalue weighted by Gasteiger charge is -2.26. The highest BCUT2D eigenvalue weighted by atomic mass is 19.1. The van der Waals surface area contributed by atoms with E-state index in [2.05, 4.69) is 9.97 Å². The number of hydrogen-bond acceptors (Lipinski definition) is 6. The normalized spacial score (nSPS) is 29.3. The van der Waals surface area contributed by atoms with Gasteiger partial charge in [0, 0.05) is 12.6 Å². The van der Waals surface area contributed by atoms with Crippen molar-refractivity contribution in [3.8, 4) is 0 Å². The maximum absolute atomic E-state index is 13.1. The van der Waals surface area contributed by atoms with Crippen LogP contribution < -0.4 is 11.3 Å². The maximum atomic E-state index is 13.1. The fraction of sp³-hybridized carbons (Fsp3) is 0.500. The van der Waals surface area contributed by atoms with Crippen LogP contribution in [0.3, 0.4) is 0 Å². The van der Waals surface area contributed by atoms with Crippen LogP contribution in [0.1, 0.15) is 12.6 Å². The van der Waals surface area contributed by atoms with Gasteiger partial charge in [0.2, 0.25) is 5.95 Å². The molecule has 0 aromatic carbocycles. The second-order valence-electron chi connectivity index (χ2n) is 5.09. The molecule has 3 heterocycles. The third kappa shape index (κ3) is 2.01. The van der Waals surface area contributed by atoms with Gasteiger partial charge in [0.15, 0.2) is 5.65 Å². The first-order valence-electron chi connectivity index (χ1n) is 6.40. The van der Waals surface area contributed by atoms with Crippen LogP contribution in [0, 0.1) is 0 Å². The Bertz CT molecular complexity index is 724. The van der Waals surface area contributed by atoms with Crippen LogP contribution >= 0.6 is 0 Å². The number of nitrogens with one attached hydrogen (secondary N) is 1. The molecule has 1 aliphatic heterocycles. The Balaban J connectivity index is 2.05. The van der Waals surface area contributed by atoms with Crippen LogP contribution in [0.5, 0.6) is 0 Å². The molecule has 1 fully saturated rings. The van der Waals surface area contributed by atoms with Gasteiger partial charge in [0.05, 0.1) is 18.1 Å². The fourth-order valence-electron chi connectivity index (χ4n) is 2.57. The molecule has 1 aliphatic rings. The van der Waals surface area contributed by atoms with Gasteiger partial charge in [0.1, 0.15) is 18.5 Å². The van der Waals surface area contributed by atoms with Crippen LogP contribution in [-0.2, 0) is 4.74 Å². The van der Waals surface area contributed by atoms with Crippen LogP contribution in [0.4, 0.5) is 10.3 Å². The highest BCUT2D eigenvalue weighted by Crippen LogP contribution is 2.38. The first-order valence-corrected chi connectivity index (χ1v) is 6.40. The molecule has 5 N–H and O–H groups in total. The van der Waals surface area contributed by atoms with Gasteiger partial charge in [-0.15, -0.1) is 0 Å². The number of rotatable bonds is 3. The molecule has 0 saturated carbocycles. The summed E-state index contributed by atoms with van der Waals surface area (Å²) in [6, 6.07) is 1.53. The van der Waals surface area contributed by atoms with Crippen molar-refractivity contribution in [2.24, 2.45) is 0 Å². The molecule has 1 saturated heterocycles. The number of aliphatic hydroxyl groups excluding tert-OH is 2. The van der Waals surface area contributed by atoms with E-state index in [0.717, 1.165) is 0 Å². The lowest BCUT2D eigenvalue weighted by molar-refractivity contribution is -0.136. The number of aliphatic hydroxyl groups is 2. The Kier molecular flexibility index (Phi) is 3.19. The molecule has 2 aromatic heterocycles. The summed E-state index contributed by atoms with van der Waals surface area (Å²) in [5, 5.41) is 19.5. The van der Waals surface area contributed by atoms with E-state index < -0.39 is 36.8 Å². The van der Waals surface area contributed by atoms with Crippen LogP contribution in [0.15, 0.2) is 17.1 Å². The number of anilines is 1. The van der Waals surface area contributed by atoms with Crippen molar-refractivity contribution < 1.29 is 19.3 Å². The molecule has 9 heteroatoms. The maximum Gasteiger partial charge on any atom is 0.261 e. The van der Waals surface area contributed by atoms with Crippen molar-refractivity contribution in [3.63, 3.8) is 0 Å². The summed E-state index contributed by atoms with van der Waals surface area (Å²) in [7, 11) is 0. The molecule has 114 valence electrons. The predicted octanol–water partition coefficient (Wildman–Crippen LogP) is -0.713. The van der Waals surface area contributed by atoms with Gasteiger partial charge in [-0.1, -0.05) is 0 Å². The molecular weight excluding hydrogens is 283 g/mol. The molecule has 0 unspecified atom stereocenters. The number of fused-ring (bicyclic) bond motifs is 1. The first kappa shape index (κ1) is 14.0. The van der Waals surface area contributed by atoms with E-state index in [1.807, 2.05) is 0 Å². The summed E-state index contributed by atoms with van der Waals surface area (Å²) in [5.74, 6) is -0.0510. The summed E-state index contributed by atoms with van der Waals surface area (Å²) in [6.07, 6.45) is -0.277. The zero-order chi connectivity index (χ0) is 15.2. The number of nitrogen functional groups attached to an aromatic ring is 1. The zero-order valence-electron chi connectivity index (χ0n) is 11.0. The molecule has 0 spiro atoms. The number of halogens is 1. The first-order chi connectivity index (χ1) is 10.0. The van der Waals surface area contributed by atoms with Gasteiger partial charge in [-0.25, -0.2) is 4.39 Å². The summed E-state index contributed by atoms with van der Waals surface area (Å²) < 4.78 is 20.1. The minimum Gasteiger partial charge on any atom is -0.393 e. The predicted molar refractivity (Wildman–Crippen MR) is 71.3 cm³/mol. The number of hydrogen-bond donors (Lipinski definition) is 4. The molecule has 0 amide bonds. The van der Waals surface area contributed by atoms with Crippen molar-refractivity contribution in [3.05, 3.63) is 22.6 Å². The van der Waals surface area contributed by atoms with Gasteiger partial charge < -0.3 is 25.3 Å². The standard InChI is InChI=1S/C12H15FN4O4/c13-4-12(5-18)7(19)3-8(21-12)17-2-1-6-9(17)15-11(14)16-10(6)20/h1-2,7-8,18-19H,3-5H2,(H3,14,15,16,20)/t7-,8+,12+/m0/s1. The Morgan fingerprint density at radius 2 is 2.43 bits per heavy atom. The van der Waals surface area contributed by atoms with E-state index in [9.17, 15) is 19.4 Å². The van der Waals surface area contributed by atoms with Crippen LogP contribution in [0.25, 0.3) is 11.0 Å². The van der Waals surface area contributed by atoms with Crippen molar-refractivity contribution in [1.29, 1.82) is 0 Å². The van der Waals surface area contributed by atoms with E-state index in [1.165, 1.54) is 10.6 Å². The molecule has 0 radical (unpaired) electrons. The average Bonchev–Trinajstić information content (AvgIpc) is 3.00. The molecule has 2 aromatic rings. The molecule has 3 rings (SSSR count). The minimum absolute atomic E-state index is 0.0510. The Morgan fingerprint density at radius 1 is 1.67 bits per heavy atom. The number of aromatic nitrogens is 3. The fourth-order valence-corrected chi connectivity index (χ4v) is 2.57. The lowest BCUT2D eigenvalue weighted by atomic mass is 10.00. The minimum atomic E-state index is -1.64. The van der Waals surface area contributed by atoms with E-state index >= 15 is 0 Å². The summed E-state index contributed by atoms with van der Waals surface area (Å²) in [6.45, 7) is -1.66. The summed E-state index contributed by atoms with van der Waals surface area (Å²) >= 11 is 0. The van der Waals surface area contributed by atoms with Crippen molar-refractivity contribution in [2.45, 2.75) is 24.4 Å². The topological polar surface area (TPSA) is 126 Å². The number of nitrogens with two attached hydrogens (primary N) is 1. The third-order valence-corrected chi connectivity index (χ3v) is 3.81. The van der Waals surface area contributed by atoms with Gasteiger partial charge in [0.25, 0.3) is 5.56 Å². The van der Waals surface area contributed by atoms with Crippen molar-refractivity contribution in [2.75, 3.05) is 19.0 Å². The van der Waals surface area contributed by atoms with E-state index in [0.29, 0.717) is 5.39 Å². The second kappa shape index (κ2) is 4.79. The molecule has 0 aliphatic carbocycles. The van der Waals surface area contributed by atoms with Gasteiger partial charge in [-0.2, -0.15) is 4.98 Å². The number of aromatic amines is 1. The SMILES string of the molecule is Nc1nc2c(ccn2[C@H]2C[C@H](O)[C@](CO)(CF)O2)c(=O)[nH]1. The van der Waals surface area contributed by atoms with Gasteiger partial charge in [-0.3, -0.25) is 9.78 Å². The summed E-state index contributed by atoms with van der Waals surface area (Å²) in [4.78, 5) is 18.2. The van der Waals surface area contributed by atoms with Crippen LogP contribution in [-0.4, -0.2) is 49.7 Å². The van der Waals surface area contributed by atoms with Gasteiger partial charge >= 0.3 is 0 Å². The quantitative estimate of drug-likeness (QED) is 0.593. The monoisotopic (exact) mass is 298 g/mol. The van der Waals surface area contributed by atoms with E-state index in [-0.39, 0.29) is 18.0 Å². The number of alkyl halides is 1. The number of H-pyrrole nitrogens is 1. The largest absolute Gasteiger partial charge is 0.393 e. The van der Waals surface area contributed by atoms with Crippen LogP contribution in [0.2, 0.25) is 0 Å². The smallest absolute Gasteiger partial charge is 0.261 e. The molecule has 3 atom stereocenters. The number of nitrogens with zero attached hydrogens (tertiary/aromatic N) is 2. The third-order valence-electron chi connectivity index (χ3n) is 3.81. The van der Waals surface area contributed by atoms with E-state index in [1.54, 1.807) is 6.20 Å². The summed E-state index contributed by atoms with van der Waals surface area (Å²) in [5.41, 5.74) is 3.75. The molecule has 0 bridgehead atoms.